The van der Waals surface area contributed by atoms with Crippen LogP contribution in [0.25, 0.3) is 0 Å². The lowest BCUT2D eigenvalue weighted by Crippen LogP contribution is -2.46. The lowest BCUT2D eigenvalue weighted by molar-refractivity contribution is -0.123. The number of benzene rings is 1. The molecule has 1 aliphatic rings. The maximum Gasteiger partial charge on any atom is 0.237 e. The fraction of sp³-hybridized carbons (Fsp3) is 0.533. The van der Waals surface area contributed by atoms with Crippen molar-refractivity contribution in [1.29, 1.82) is 0 Å². The highest BCUT2D eigenvalue weighted by Crippen LogP contribution is 2.17. The van der Waals surface area contributed by atoms with E-state index in [0.29, 0.717) is 6.54 Å². The minimum absolute atomic E-state index is 0.0279. The first-order chi connectivity index (χ1) is 9.22. The van der Waals surface area contributed by atoms with Gasteiger partial charge in [-0.05, 0) is 43.0 Å². The van der Waals surface area contributed by atoms with Crippen molar-refractivity contribution in [2.45, 2.75) is 45.2 Å². The van der Waals surface area contributed by atoms with Crippen molar-refractivity contribution in [3.63, 3.8) is 0 Å². The lowest BCUT2D eigenvalue weighted by Gasteiger charge is -2.22. The number of nitrogens with two attached hydrogens (primary N) is 1. The molecule has 1 aliphatic heterocycles. The average molecular weight is 261 g/mol. The Hall–Kier alpha value is -1.55. The summed E-state index contributed by atoms with van der Waals surface area (Å²) in [5.74, 6) is 0.101. The van der Waals surface area contributed by atoms with Gasteiger partial charge in [0.2, 0.25) is 5.91 Å². The van der Waals surface area contributed by atoms with Crippen molar-refractivity contribution in [2.24, 2.45) is 0 Å². The van der Waals surface area contributed by atoms with E-state index >= 15 is 0 Å². The topological polar surface area (TPSA) is 67.1 Å². The summed E-state index contributed by atoms with van der Waals surface area (Å²) in [7, 11) is 0. The standard InChI is InChI=1S/C15H23N3O/c1-2-12-11(6-5-7-13(12)16)10-18-15(19)14-8-3-4-9-17-14/h5-7,14,17H,2-4,8-10,16H2,1H3,(H,18,19)/t14-/m1/s1. The summed E-state index contributed by atoms with van der Waals surface area (Å²) >= 11 is 0. The minimum Gasteiger partial charge on any atom is -0.398 e. The van der Waals surface area contributed by atoms with Gasteiger partial charge in [0, 0.05) is 12.2 Å². The number of amides is 1. The summed E-state index contributed by atoms with van der Waals surface area (Å²) in [4.78, 5) is 12.1. The van der Waals surface area contributed by atoms with E-state index in [2.05, 4.69) is 17.6 Å². The van der Waals surface area contributed by atoms with Gasteiger partial charge < -0.3 is 16.4 Å². The monoisotopic (exact) mass is 261 g/mol. The Morgan fingerprint density at radius 1 is 1.47 bits per heavy atom. The SMILES string of the molecule is CCc1c(N)cccc1CNC(=O)[C@H]1CCCCN1. The maximum absolute atomic E-state index is 12.1. The number of carbonyl (C=O) groups is 1. The number of anilines is 1. The molecule has 4 N–H and O–H groups in total. The third-order valence-corrected chi connectivity index (χ3v) is 3.74. The van der Waals surface area contributed by atoms with Gasteiger partial charge in [0.05, 0.1) is 6.04 Å². The second-order valence-electron chi connectivity index (χ2n) is 5.06. The average Bonchev–Trinajstić information content (AvgIpc) is 2.45. The molecule has 2 rings (SSSR count). The van der Waals surface area contributed by atoms with Crippen molar-refractivity contribution in [3.05, 3.63) is 29.3 Å². The predicted octanol–water partition coefficient (Wildman–Crippen LogP) is 1.59. The van der Waals surface area contributed by atoms with E-state index in [4.69, 9.17) is 5.73 Å². The quantitative estimate of drug-likeness (QED) is 0.721. The minimum atomic E-state index is -0.0279. The first-order valence-electron chi connectivity index (χ1n) is 7.09. The molecule has 4 heteroatoms. The zero-order chi connectivity index (χ0) is 13.7. The van der Waals surface area contributed by atoms with Gasteiger partial charge in [0.15, 0.2) is 0 Å². The molecule has 104 valence electrons. The summed E-state index contributed by atoms with van der Waals surface area (Å²) < 4.78 is 0. The van der Waals surface area contributed by atoms with Crippen LogP contribution >= 0.6 is 0 Å². The smallest absolute Gasteiger partial charge is 0.237 e. The molecule has 1 atom stereocenters. The van der Waals surface area contributed by atoms with E-state index in [1.807, 2.05) is 18.2 Å². The largest absolute Gasteiger partial charge is 0.398 e. The number of nitrogen functional groups attached to an aromatic ring is 1. The number of piperidine rings is 1. The van der Waals surface area contributed by atoms with Crippen molar-refractivity contribution in [1.82, 2.24) is 10.6 Å². The zero-order valence-corrected chi connectivity index (χ0v) is 11.5. The Kier molecular flexibility index (Phi) is 4.80. The van der Waals surface area contributed by atoms with E-state index in [9.17, 15) is 4.79 Å². The summed E-state index contributed by atoms with van der Waals surface area (Å²) in [6, 6.07) is 5.85. The van der Waals surface area contributed by atoms with Crippen LogP contribution in [0.2, 0.25) is 0 Å². The van der Waals surface area contributed by atoms with Gasteiger partial charge in [0.1, 0.15) is 0 Å². The molecule has 0 spiro atoms. The van der Waals surface area contributed by atoms with E-state index in [1.54, 1.807) is 0 Å². The third-order valence-electron chi connectivity index (χ3n) is 3.74. The highest BCUT2D eigenvalue weighted by Gasteiger charge is 2.20. The van der Waals surface area contributed by atoms with Gasteiger partial charge in [-0.2, -0.15) is 0 Å². The first-order valence-corrected chi connectivity index (χ1v) is 7.09. The second kappa shape index (κ2) is 6.57. The van der Waals surface area contributed by atoms with E-state index < -0.39 is 0 Å². The van der Waals surface area contributed by atoms with Crippen LogP contribution in [0.1, 0.15) is 37.3 Å². The molecule has 1 heterocycles. The molecule has 4 nitrogen and oxygen atoms in total. The molecule has 19 heavy (non-hydrogen) atoms. The van der Waals surface area contributed by atoms with Crippen LogP contribution in [-0.4, -0.2) is 18.5 Å². The molecule has 0 radical (unpaired) electrons. The van der Waals surface area contributed by atoms with Crippen molar-refractivity contribution in [3.8, 4) is 0 Å². The highest BCUT2D eigenvalue weighted by atomic mass is 16.2. The number of carbonyl (C=O) groups excluding carboxylic acids is 1. The van der Waals surface area contributed by atoms with E-state index in [-0.39, 0.29) is 11.9 Å². The lowest BCUT2D eigenvalue weighted by atomic mass is 10.0. The van der Waals surface area contributed by atoms with Crippen LogP contribution in [0.5, 0.6) is 0 Å². The van der Waals surface area contributed by atoms with Crippen molar-refractivity contribution < 1.29 is 4.79 Å². The second-order valence-corrected chi connectivity index (χ2v) is 5.06. The van der Waals surface area contributed by atoms with Crippen LogP contribution in [0.3, 0.4) is 0 Å². The molecular formula is C15H23N3O. The first kappa shape index (κ1) is 13.9. The van der Waals surface area contributed by atoms with Gasteiger partial charge in [-0.15, -0.1) is 0 Å². The Balaban J connectivity index is 1.94. The molecule has 0 aromatic heterocycles. The Bertz CT molecular complexity index is 439. The van der Waals surface area contributed by atoms with Crippen LogP contribution in [0.4, 0.5) is 5.69 Å². The fourth-order valence-electron chi connectivity index (χ4n) is 2.63. The molecule has 1 aromatic carbocycles. The molecule has 1 saturated heterocycles. The van der Waals surface area contributed by atoms with Gasteiger partial charge in [-0.25, -0.2) is 0 Å². The van der Waals surface area contributed by atoms with Crippen LogP contribution in [-0.2, 0) is 17.8 Å². The third kappa shape index (κ3) is 3.47. The van der Waals surface area contributed by atoms with Crippen molar-refractivity contribution >= 4 is 11.6 Å². The summed E-state index contributed by atoms with van der Waals surface area (Å²) in [5, 5.41) is 6.27. The molecule has 1 amide bonds. The van der Waals surface area contributed by atoms with Gasteiger partial charge in [-0.1, -0.05) is 25.5 Å². The van der Waals surface area contributed by atoms with E-state index in [0.717, 1.165) is 42.6 Å². The van der Waals surface area contributed by atoms with Gasteiger partial charge in [-0.3, -0.25) is 4.79 Å². The molecule has 1 aromatic rings. The normalized spacial score (nSPS) is 19.1. The molecule has 0 saturated carbocycles. The van der Waals surface area contributed by atoms with Gasteiger partial charge in [0.25, 0.3) is 0 Å². The zero-order valence-electron chi connectivity index (χ0n) is 11.5. The van der Waals surface area contributed by atoms with Crippen LogP contribution in [0.15, 0.2) is 18.2 Å². The predicted molar refractivity (Wildman–Crippen MR) is 77.7 cm³/mol. The van der Waals surface area contributed by atoms with Crippen LogP contribution < -0.4 is 16.4 Å². The Labute approximate surface area is 114 Å². The molecule has 1 fully saturated rings. The van der Waals surface area contributed by atoms with E-state index in [1.165, 1.54) is 6.42 Å². The van der Waals surface area contributed by atoms with Crippen molar-refractivity contribution in [2.75, 3.05) is 12.3 Å². The highest BCUT2D eigenvalue weighted by molar-refractivity contribution is 5.81. The summed E-state index contributed by atoms with van der Waals surface area (Å²) in [6.07, 6.45) is 4.12. The Morgan fingerprint density at radius 2 is 2.32 bits per heavy atom. The number of hydrogen-bond donors (Lipinski definition) is 3. The number of hydrogen-bond acceptors (Lipinski definition) is 3. The fourth-order valence-corrected chi connectivity index (χ4v) is 2.63. The molecule has 0 bridgehead atoms. The number of nitrogens with one attached hydrogen (secondary N) is 2. The molecule has 0 unspecified atom stereocenters. The maximum atomic E-state index is 12.1. The molecule has 0 aliphatic carbocycles. The Morgan fingerprint density at radius 3 is 3.00 bits per heavy atom. The molecular weight excluding hydrogens is 238 g/mol. The summed E-state index contributed by atoms with van der Waals surface area (Å²) in [6.45, 7) is 3.58. The number of rotatable bonds is 4. The summed E-state index contributed by atoms with van der Waals surface area (Å²) in [5.41, 5.74) is 9.02. The van der Waals surface area contributed by atoms with Gasteiger partial charge >= 0.3 is 0 Å². The van der Waals surface area contributed by atoms with Crippen LogP contribution in [0, 0.1) is 0 Å².